The molecule has 1 saturated heterocycles. The van der Waals surface area contributed by atoms with Gasteiger partial charge in [-0.05, 0) is 60.0 Å². The number of nitrogens with zero attached hydrogens (tertiary/aromatic N) is 5. The summed E-state index contributed by atoms with van der Waals surface area (Å²) in [6, 6.07) is 9.91. The van der Waals surface area contributed by atoms with Crippen LogP contribution in [0.2, 0.25) is 0 Å². The molecule has 3 N–H and O–H groups in total. The van der Waals surface area contributed by atoms with E-state index in [0.29, 0.717) is 47.7 Å². The molecule has 1 fully saturated rings. The fourth-order valence-electron chi connectivity index (χ4n) is 6.66. The molecule has 0 aromatic heterocycles. The van der Waals surface area contributed by atoms with Gasteiger partial charge < -0.3 is 25.8 Å². The second kappa shape index (κ2) is 12.8. The quantitative estimate of drug-likeness (QED) is 0.279. The first-order chi connectivity index (χ1) is 22.8. The molecule has 1 unspecified atom stereocenters. The number of nitrogens with two attached hydrogens (primary N) is 1. The highest BCUT2D eigenvalue weighted by molar-refractivity contribution is 6.02. The number of rotatable bonds is 5. The van der Waals surface area contributed by atoms with Gasteiger partial charge in [0.05, 0.1) is 17.3 Å². The van der Waals surface area contributed by atoms with Crippen molar-refractivity contribution >= 4 is 35.2 Å². The van der Waals surface area contributed by atoms with E-state index < -0.39 is 23.8 Å². The summed E-state index contributed by atoms with van der Waals surface area (Å²) in [6.45, 7) is 4.89. The average Bonchev–Trinajstić information content (AvgIpc) is 3.44. The number of fused-ring (bicyclic) bond motifs is 3. The Kier molecular flexibility index (Phi) is 8.76. The van der Waals surface area contributed by atoms with Gasteiger partial charge in [-0.1, -0.05) is 31.2 Å². The monoisotopic (exact) mass is 657 g/mol. The number of halogens is 3. The fraction of sp³-hybridized carbons (Fsp3) is 0.333. The molecular formula is C36H38F3N7O2. The molecule has 9 nitrogen and oxygen atoms in total. The number of alkyl halides is 3. The van der Waals surface area contributed by atoms with Gasteiger partial charge in [0.1, 0.15) is 0 Å². The van der Waals surface area contributed by atoms with Gasteiger partial charge in [0.2, 0.25) is 5.91 Å². The van der Waals surface area contributed by atoms with Crippen molar-refractivity contribution in [1.82, 2.24) is 19.6 Å². The first kappa shape index (κ1) is 32.8. The molecule has 1 atom stereocenters. The maximum Gasteiger partial charge on any atom is 0.418 e. The molecule has 2 bridgehead atoms. The number of aliphatic imine (C=N–C) groups is 1. The van der Waals surface area contributed by atoms with Crippen LogP contribution in [0.15, 0.2) is 88.2 Å². The van der Waals surface area contributed by atoms with E-state index in [0.717, 1.165) is 22.8 Å². The minimum Gasteiger partial charge on any atom is -0.398 e. The van der Waals surface area contributed by atoms with Gasteiger partial charge in [-0.15, -0.1) is 0 Å². The summed E-state index contributed by atoms with van der Waals surface area (Å²) in [5.41, 5.74) is 10.6. The molecule has 3 heterocycles. The van der Waals surface area contributed by atoms with Gasteiger partial charge in [-0.25, -0.2) is 4.79 Å². The molecule has 2 aromatic carbocycles. The van der Waals surface area contributed by atoms with E-state index in [-0.39, 0.29) is 43.4 Å². The molecule has 250 valence electrons. The number of urea groups is 1. The van der Waals surface area contributed by atoms with E-state index in [1.165, 1.54) is 15.9 Å². The zero-order chi connectivity index (χ0) is 34.3. The van der Waals surface area contributed by atoms with Crippen molar-refractivity contribution in [3.63, 3.8) is 0 Å². The molecule has 0 spiro atoms. The molecule has 1 aliphatic carbocycles. The summed E-state index contributed by atoms with van der Waals surface area (Å²) in [4.78, 5) is 37.3. The number of piperazine rings is 1. The van der Waals surface area contributed by atoms with Crippen LogP contribution >= 0.6 is 0 Å². The predicted octanol–water partition coefficient (Wildman–Crippen LogP) is 6.59. The predicted molar refractivity (Wildman–Crippen MR) is 181 cm³/mol. The van der Waals surface area contributed by atoms with Crippen molar-refractivity contribution in [2.24, 2.45) is 4.99 Å². The van der Waals surface area contributed by atoms with E-state index in [9.17, 15) is 22.8 Å². The third-order valence-corrected chi connectivity index (χ3v) is 9.19. The lowest BCUT2D eigenvalue weighted by molar-refractivity contribution is -0.132. The number of nitrogens with one attached hydrogen (secondary N) is 1. The maximum absolute atomic E-state index is 14.9. The van der Waals surface area contributed by atoms with Crippen LogP contribution in [-0.4, -0.2) is 89.4 Å². The minimum absolute atomic E-state index is 0.0213. The van der Waals surface area contributed by atoms with Crippen molar-refractivity contribution in [3.05, 3.63) is 94.4 Å². The maximum atomic E-state index is 14.9. The Bertz CT molecular complexity index is 1830. The topological polar surface area (TPSA) is 109 Å². The number of nitrogen functional groups attached to an aromatic ring is 1. The highest BCUT2D eigenvalue weighted by Crippen LogP contribution is 2.43. The smallest absolute Gasteiger partial charge is 0.398 e. The van der Waals surface area contributed by atoms with Gasteiger partial charge in [0.25, 0.3) is 0 Å². The standard InChI is InChI=1S/C36H38F3N7O2/c1-4-34(47)45-14-12-44(13-15-45)32-7-5-6-26(19-29(32)36(37,38)39)46-33-16-23(21-43(3)35(46)48)20-42-31-11-9-25(18-28(31)33)24-8-10-30(41)27(17-24)22(2)40/h5,7-11,16-20,33,40H,4,6,12-15,21,41H2,1-3H3. The van der Waals surface area contributed by atoms with Crippen LogP contribution in [0.5, 0.6) is 0 Å². The fourth-order valence-corrected chi connectivity index (χ4v) is 6.66. The van der Waals surface area contributed by atoms with Gasteiger partial charge in [-0.3, -0.25) is 14.7 Å². The number of hydrogen-bond acceptors (Lipinski definition) is 6. The third kappa shape index (κ3) is 6.26. The largest absolute Gasteiger partial charge is 0.418 e. The van der Waals surface area contributed by atoms with Crippen LogP contribution in [0, 0.1) is 5.41 Å². The first-order valence-electron chi connectivity index (χ1n) is 16.0. The highest BCUT2D eigenvalue weighted by Gasteiger charge is 2.40. The Balaban J connectivity index is 1.45. The second-order valence-electron chi connectivity index (χ2n) is 12.4. The van der Waals surface area contributed by atoms with Crippen LogP contribution in [-0.2, 0) is 4.79 Å². The minimum atomic E-state index is -4.70. The lowest BCUT2D eigenvalue weighted by Gasteiger charge is -2.37. The van der Waals surface area contributed by atoms with Crippen molar-refractivity contribution in [2.45, 2.75) is 38.9 Å². The van der Waals surface area contributed by atoms with Gasteiger partial charge in [-0.2, -0.15) is 13.2 Å². The molecule has 48 heavy (non-hydrogen) atoms. The Labute approximate surface area is 277 Å². The normalized spacial score (nSPS) is 19.8. The summed E-state index contributed by atoms with van der Waals surface area (Å²) in [5.74, 6) is -0.0213. The summed E-state index contributed by atoms with van der Waals surface area (Å²) < 4.78 is 44.7. The SMILES string of the molecule is CCC(=O)N1CCN(C2=C(C(F)(F)F)C=C(N3C(=O)N(C)CC4=CC3c3cc(-c5ccc(N)c(C(C)=N)c5)ccc3N=C4)CC=C2)CC1. The Hall–Kier alpha value is -5.13. The van der Waals surface area contributed by atoms with Crippen LogP contribution in [0.25, 0.3) is 11.1 Å². The average molecular weight is 658 g/mol. The van der Waals surface area contributed by atoms with E-state index >= 15 is 0 Å². The van der Waals surface area contributed by atoms with Crippen molar-refractivity contribution in [2.75, 3.05) is 45.5 Å². The number of carbonyl (C=O) groups excluding carboxylic acids is 2. The van der Waals surface area contributed by atoms with E-state index in [1.807, 2.05) is 36.4 Å². The van der Waals surface area contributed by atoms with Gasteiger partial charge in [0.15, 0.2) is 0 Å². The highest BCUT2D eigenvalue weighted by atomic mass is 19.4. The number of allylic oxidation sites excluding steroid dienone is 4. The molecule has 0 radical (unpaired) electrons. The number of likely N-dealkylation sites (N-methyl/N-ethyl adjacent to an activating group) is 1. The van der Waals surface area contributed by atoms with Crippen LogP contribution in [0.3, 0.4) is 0 Å². The third-order valence-electron chi connectivity index (χ3n) is 9.19. The molecular weight excluding hydrogens is 619 g/mol. The van der Waals surface area contributed by atoms with Crippen molar-refractivity contribution in [1.29, 1.82) is 5.41 Å². The molecule has 6 rings (SSSR count). The molecule has 0 saturated carbocycles. The lowest BCUT2D eigenvalue weighted by Crippen LogP contribution is -2.48. The molecule has 4 aliphatic rings. The molecule has 3 amide bonds. The summed E-state index contributed by atoms with van der Waals surface area (Å²) in [6.07, 6.45) is 3.60. The zero-order valence-electron chi connectivity index (χ0n) is 27.1. The van der Waals surface area contributed by atoms with Crippen molar-refractivity contribution in [3.8, 4) is 11.1 Å². The van der Waals surface area contributed by atoms with E-state index in [2.05, 4.69) is 0 Å². The second-order valence-corrected chi connectivity index (χ2v) is 12.4. The van der Waals surface area contributed by atoms with Crippen molar-refractivity contribution < 1.29 is 22.8 Å². The molecule has 3 aliphatic heterocycles. The molecule has 12 heteroatoms. The van der Waals surface area contributed by atoms with Gasteiger partial charge in [0, 0.05) is 92.7 Å². The zero-order valence-corrected chi connectivity index (χ0v) is 27.1. The summed E-state index contributed by atoms with van der Waals surface area (Å²) >= 11 is 0. The first-order valence-corrected chi connectivity index (χ1v) is 16.0. The molecule has 2 aromatic rings. The Morgan fingerprint density at radius 2 is 1.79 bits per heavy atom. The van der Waals surface area contributed by atoms with E-state index in [4.69, 9.17) is 16.1 Å². The van der Waals surface area contributed by atoms with Gasteiger partial charge >= 0.3 is 12.2 Å². The summed E-state index contributed by atoms with van der Waals surface area (Å²) in [5, 5.41) is 8.13. The Morgan fingerprint density at radius 1 is 1.08 bits per heavy atom. The van der Waals surface area contributed by atoms with Crippen LogP contribution < -0.4 is 5.73 Å². The number of benzene rings is 2. The van der Waals surface area contributed by atoms with Crippen LogP contribution in [0.4, 0.5) is 29.3 Å². The van der Waals surface area contributed by atoms with Crippen LogP contribution in [0.1, 0.15) is 43.9 Å². The number of carbonyl (C=O) groups is 2. The number of hydrogen-bond donors (Lipinski definition) is 2. The van der Waals surface area contributed by atoms with E-state index in [1.54, 1.807) is 49.1 Å². The number of anilines is 1. The summed E-state index contributed by atoms with van der Waals surface area (Å²) in [7, 11) is 1.63. The Morgan fingerprint density at radius 3 is 2.48 bits per heavy atom. The number of amides is 3. The lowest BCUT2D eigenvalue weighted by atomic mass is 9.94.